The van der Waals surface area contributed by atoms with Gasteiger partial charge in [-0.15, -0.1) is 0 Å². The summed E-state index contributed by atoms with van der Waals surface area (Å²) in [6.07, 6.45) is 2.41. The van der Waals surface area contributed by atoms with Crippen molar-refractivity contribution in [3.63, 3.8) is 0 Å². The molecule has 1 unspecified atom stereocenters. The van der Waals surface area contributed by atoms with Crippen LogP contribution in [0.1, 0.15) is 36.0 Å². The van der Waals surface area contributed by atoms with E-state index in [-0.39, 0.29) is 0 Å². The first-order valence-electron chi connectivity index (χ1n) is 7.73. The molecule has 0 aliphatic carbocycles. The lowest BCUT2D eigenvalue weighted by Crippen LogP contribution is -2.29. The highest BCUT2D eigenvalue weighted by Crippen LogP contribution is 2.31. The lowest BCUT2D eigenvalue weighted by atomic mass is 9.88. The lowest BCUT2D eigenvalue weighted by Gasteiger charge is -2.25. The fourth-order valence-corrected chi connectivity index (χ4v) is 3.32. The maximum absolute atomic E-state index is 2.62. The van der Waals surface area contributed by atoms with E-state index in [4.69, 9.17) is 0 Å². The van der Waals surface area contributed by atoms with E-state index in [1.54, 1.807) is 0 Å². The maximum atomic E-state index is 2.62. The Labute approximate surface area is 122 Å². The molecule has 0 N–H and O–H groups in total. The molecule has 20 heavy (non-hydrogen) atoms. The number of benzene rings is 2. The number of nitrogens with zero attached hydrogens (tertiary/aromatic N) is 1. The molecular weight excluding hydrogens is 242 g/mol. The van der Waals surface area contributed by atoms with Crippen LogP contribution in [0.2, 0.25) is 0 Å². The minimum Gasteiger partial charge on any atom is -0.302 e. The molecule has 3 rings (SSSR count). The molecule has 1 heterocycles. The van der Waals surface area contributed by atoms with Gasteiger partial charge in [-0.2, -0.15) is 0 Å². The van der Waals surface area contributed by atoms with Gasteiger partial charge < -0.3 is 4.90 Å². The largest absolute Gasteiger partial charge is 0.302 e. The number of hydrogen-bond donors (Lipinski definition) is 0. The summed E-state index contributed by atoms with van der Waals surface area (Å²) >= 11 is 0. The van der Waals surface area contributed by atoms with Crippen LogP contribution in [-0.4, -0.2) is 24.5 Å². The predicted molar refractivity (Wildman–Crippen MR) is 85.2 cm³/mol. The van der Waals surface area contributed by atoms with Gasteiger partial charge in [0, 0.05) is 19.0 Å². The summed E-state index contributed by atoms with van der Waals surface area (Å²) < 4.78 is 0. The maximum Gasteiger partial charge on any atom is 0.0220 e. The molecule has 104 valence electrons. The first-order chi connectivity index (χ1) is 9.88. The van der Waals surface area contributed by atoms with Crippen LogP contribution in [0.5, 0.6) is 0 Å². The molecule has 0 aromatic heterocycles. The molecule has 1 aliphatic heterocycles. The van der Waals surface area contributed by atoms with Crippen molar-refractivity contribution in [3.05, 3.63) is 71.3 Å². The van der Waals surface area contributed by atoms with E-state index < -0.39 is 0 Å². The van der Waals surface area contributed by atoms with Crippen molar-refractivity contribution in [1.82, 2.24) is 4.90 Å². The normalized spacial score (nSPS) is 19.4. The van der Waals surface area contributed by atoms with Gasteiger partial charge in [0.25, 0.3) is 0 Å². The Kier molecular flexibility index (Phi) is 4.17. The average molecular weight is 265 g/mol. The van der Waals surface area contributed by atoms with Crippen molar-refractivity contribution in [2.24, 2.45) is 0 Å². The highest BCUT2D eigenvalue weighted by atomic mass is 15.1. The third kappa shape index (κ3) is 2.78. The molecule has 2 aromatic carbocycles. The van der Waals surface area contributed by atoms with Crippen LogP contribution in [0.15, 0.2) is 54.6 Å². The number of fused-ring (bicyclic) bond motifs is 1. The molecule has 1 heteroatoms. The van der Waals surface area contributed by atoms with Gasteiger partial charge in [0.15, 0.2) is 0 Å². The van der Waals surface area contributed by atoms with Crippen LogP contribution in [0.3, 0.4) is 0 Å². The first-order valence-corrected chi connectivity index (χ1v) is 7.73. The molecule has 0 saturated heterocycles. The second-order valence-electron chi connectivity index (χ2n) is 5.71. The van der Waals surface area contributed by atoms with Gasteiger partial charge in [-0.1, -0.05) is 61.5 Å². The van der Waals surface area contributed by atoms with Crippen LogP contribution >= 0.6 is 0 Å². The highest BCUT2D eigenvalue weighted by Gasteiger charge is 2.23. The summed E-state index contributed by atoms with van der Waals surface area (Å²) in [6, 6.07) is 20.0. The summed E-state index contributed by atoms with van der Waals surface area (Å²) in [6.45, 7) is 5.82. The SMILES string of the molecule is CCCN1CCc2ccccc2C(c2ccccc2)C1. The smallest absolute Gasteiger partial charge is 0.0220 e. The zero-order valence-electron chi connectivity index (χ0n) is 12.3. The summed E-state index contributed by atoms with van der Waals surface area (Å²) in [5.74, 6) is 0.515. The summed E-state index contributed by atoms with van der Waals surface area (Å²) in [7, 11) is 0. The van der Waals surface area contributed by atoms with E-state index in [9.17, 15) is 0 Å². The summed E-state index contributed by atoms with van der Waals surface area (Å²) in [5.41, 5.74) is 4.50. The fraction of sp³-hybridized carbons (Fsp3) is 0.368. The second-order valence-corrected chi connectivity index (χ2v) is 5.71. The topological polar surface area (TPSA) is 3.24 Å². The second kappa shape index (κ2) is 6.23. The van der Waals surface area contributed by atoms with Crippen LogP contribution < -0.4 is 0 Å². The van der Waals surface area contributed by atoms with Gasteiger partial charge in [-0.3, -0.25) is 0 Å². The summed E-state index contributed by atoms with van der Waals surface area (Å²) in [4.78, 5) is 2.62. The molecule has 1 aliphatic rings. The molecule has 0 fully saturated rings. The Balaban J connectivity index is 1.99. The van der Waals surface area contributed by atoms with E-state index >= 15 is 0 Å². The van der Waals surface area contributed by atoms with Crippen LogP contribution in [0, 0.1) is 0 Å². The molecular formula is C19H23N. The fourth-order valence-electron chi connectivity index (χ4n) is 3.32. The highest BCUT2D eigenvalue weighted by molar-refractivity contribution is 5.39. The van der Waals surface area contributed by atoms with Crippen molar-refractivity contribution in [2.45, 2.75) is 25.7 Å². The van der Waals surface area contributed by atoms with Gasteiger partial charge in [-0.05, 0) is 36.1 Å². The van der Waals surface area contributed by atoms with Gasteiger partial charge >= 0.3 is 0 Å². The Morgan fingerprint density at radius 3 is 2.55 bits per heavy atom. The van der Waals surface area contributed by atoms with E-state index in [0.29, 0.717) is 5.92 Å². The van der Waals surface area contributed by atoms with Crippen molar-refractivity contribution in [1.29, 1.82) is 0 Å². The molecule has 0 spiro atoms. The third-order valence-electron chi connectivity index (χ3n) is 4.31. The minimum atomic E-state index is 0.515. The van der Waals surface area contributed by atoms with Crippen molar-refractivity contribution < 1.29 is 0 Å². The van der Waals surface area contributed by atoms with Crippen LogP contribution in [-0.2, 0) is 6.42 Å². The quantitative estimate of drug-likeness (QED) is 0.808. The molecule has 1 nitrogen and oxygen atoms in total. The number of rotatable bonds is 3. The molecule has 0 bridgehead atoms. The van der Waals surface area contributed by atoms with Gasteiger partial charge in [0.05, 0.1) is 0 Å². The molecule has 1 atom stereocenters. The van der Waals surface area contributed by atoms with Gasteiger partial charge in [0.2, 0.25) is 0 Å². The van der Waals surface area contributed by atoms with E-state index in [2.05, 4.69) is 66.4 Å². The standard InChI is InChI=1S/C19H23N/c1-2-13-20-14-12-17-10-6-7-11-18(17)19(15-20)16-8-4-3-5-9-16/h3-11,19H,2,12-15H2,1H3. The Morgan fingerprint density at radius 1 is 1.00 bits per heavy atom. The molecule has 0 saturated carbocycles. The predicted octanol–water partition coefficient (Wildman–Crippen LogP) is 4.09. The molecule has 0 radical (unpaired) electrons. The molecule has 2 aromatic rings. The van der Waals surface area contributed by atoms with E-state index in [0.717, 1.165) is 6.54 Å². The van der Waals surface area contributed by atoms with Crippen LogP contribution in [0.25, 0.3) is 0 Å². The Hall–Kier alpha value is -1.60. The Morgan fingerprint density at radius 2 is 1.75 bits per heavy atom. The van der Waals surface area contributed by atoms with Crippen molar-refractivity contribution in [2.75, 3.05) is 19.6 Å². The summed E-state index contributed by atoms with van der Waals surface area (Å²) in [5, 5.41) is 0. The van der Waals surface area contributed by atoms with E-state index in [1.807, 2.05) is 0 Å². The lowest BCUT2D eigenvalue weighted by molar-refractivity contribution is 0.277. The first kappa shape index (κ1) is 13.4. The van der Waals surface area contributed by atoms with Crippen molar-refractivity contribution >= 4 is 0 Å². The van der Waals surface area contributed by atoms with Gasteiger partial charge in [-0.25, -0.2) is 0 Å². The Bertz CT molecular complexity index is 547. The third-order valence-corrected chi connectivity index (χ3v) is 4.31. The minimum absolute atomic E-state index is 0.515. The zero-order valence-corrected chi connectivity index (χ0v) is 12.3. The zero-order chi connectivity index (χ0) is 13.8. The van der Waals surface area contributed by atoms with Crippen molar-refractivity contribution in [3.8, 4) is 0 Å². The van der Waals surface area contributed by atoms with E-state index in [1.165, 1.54) is 42.6 Å². The average Bonchev–Trinajstić information content (AvgIpc) is 2.69. The van der Waals surface area contributed by atoms with Crippen LogP contribution in [0.4, 0.5) is 0 Å². The van der Waals surface area contributed by atoms with Gasteiger partial charge in [0.1, 0.15) is 0 Å². The molecule has 0 amide bonds. The monoisotopic (exact) mass is 265 g/mol. The number of hydrogen-bond acceptors (Lipinski definition) is 1.